The number of hydrogen-bond acceptors (Lipinski definition) is 7. The topological polar surface area (TPSA) is 71.0 Å². The molecule has 7 nitrogen and oxygen atoms in total. The average Bonchev–Trinajstić information content (AvgIpc) is 2.69. The van der Waals surface area contributed by atoms with Gasteiger partial charge in [-0.25, -0.2) is 0 Å². The van der Waals surface area contributed by atoms with Crippen molar-refractivity contribution >= 4 is 17.7 Å². The Bertz CT molecular complexity index is 760. The largest absolute Gasteiger partial charge is 0.476 e. The van der Waals surface area contributed by atoms with Crippen LogP contribution in [0, 0.1) is 6.92 Å². The Kier molecular flexibility index (Phi) is 7.01. The fourth-order valence-electron chi connectivity index (χ4n) is 2.81. The zero-order chi connectivity index (χ0) is 18.9. The van der Waals surface area contributed by atoms with Crippen molar-refractivity contribution in [1.82, 2.24) is 10.3 Å². The number of pyridine rings is 1. The normalized spacial score (nSPS) is 14.5. The molecule has 27 heavy (non-hydrogen) atoms. The zero-order valence-electron chi connectivity index (χ0n) is 15.9. The number of benzene rings is 1. The summed E-state index contributed by atoms with van der Waals surface area (Å²) in [6.07, 6.45) is 1.79. The van der Waals surface area contributed by atoms with Gasteiger partial charge in [0.05, 0.1) is 19.4 Å². The lowest BCUT2D eigenvalue weighted by molar-refractivity contribution is 0.122. The molecule has 1 aromatic carbocycles. The Morgan fingerprint density at radius 1 is 1.26 bits per heavy atom. The van der Waals surface area contributed by atoms with Crippen molar-refractivity contribution < 1.29 is 9.47 Å². The molecule has 0 radical (unpaired) electrons. The van der Waals surface area contributed by atoms with Crippen LogP contribution < -0.4 is 20.4 Å². The summed E-state index contributed by atoms with van der Waals surface area (Å²) in [5, 5.41) is 7.40. The van der Waals surface area contributed by atoms with Gasteiger partial charge in [0, 0.05) is 37.5 Å². The molecule has 1 fully saturated rings. The number of aromatic nitrogens is 1. The van der Waals surface area contributed by atoms with Gasteiger partial charge in [-0.2, -0.15) is 10.1 Å². The Hall–Kier alpha value is -2.64. The standard InChI is InChI=1S/C20H27N5O2/c1-16-4-3-5-17(12-16)15-22-24-19-13-18(25-7-10-26-11-8-25)14-20(23-19)27-9-6-21-2/h3-5,12-15,21H,6-11H2,1-2H3,(H,23,24)/b22-15+. The first-order chi connectivity index (χ1) is 13.2. The van der Waals surface area contributed by atoms with Crippen LogP contribution in [-0.4, -0.2) is 57.7 Å². The van der Waals surface area contributed by atoms with Crippen LogP contribution in [0.1, 0.15) is 11.1 Å². The summed E-state index contributed by atoms with van der Waals surface area (Å²) in [4.78, 5) is 6.79. The maximum Gasteiger partial charge on any atom is 0.217 e. The molecule has 0 atom stereocenters. The van der Waals surface area contributed by atoms with Crippen molar-refractivity contribution in [3.05, 3.63) is 47.5 Å². The first kappa shape index (κ1) is 19.1. The van der Waals surface area contributed by atoms with Crippen LogP contribution in [0.4, 0.5) is 11.5 Å². The van der Waals surface area contributed by atoms with Crippen LogP contribution in [0.2, 0.25) is 0 Å². The molecule has 0 aliphatic carbocycles. The molecule has 2 aromatic rings. The van der Waals surface area contributed by atoms with Gasteiger partial charge in [-0.05, 0) is 19.5 Å². The van der Waals surface area contributed by atoms with Crippen molar-refractivity contribution in [2.45, 2.75) is 6.92 Å². The van der Waals surface area contributed by atoms with Crippen molar-refractivity contribution in [2.75, 3.05) is 56.8 Å². The molecule has 0 bridgehead atoms. The summed E-state index contributed by atoms with van der Waals surface area (Å²) >= 11 is 0. The number of anilines is 2. The third-order valence-electron chi connectivity index (χ3n) is 4.20. The van der Waals surface area contributed by atoms with Gasteiger partial charge in [0.15, 0.2) is 5.82 Å². The number of hydrogen-bond donors (Lipinski definition) is 2. The molecule has 2 heterocycles. The van der Waals surface area contributed by atoms with Crippen LogP contribution in [0.3, 0.4) is 0 Å². The predicted molar refractivity (Wildman–Crippen MR) is 109 cm³/mol. The van der Waals surface area contributed by atoms with Crippen LogP contribution >= 0.6 is 0 Å². The number of nitrogens with one attached hydrogen (secondary N) is 2. The van der Waals surface area contributed by atoms with Gasteiger partial charge < -0.3 is 19.7 Å². The van der Waals surface area contributed by atoms with Gasteiger partial charge in [0.1, 0.15) is 6.61 Å². The summed E-state index contributed by atoms with van der Waals surface area (Å²) in [6, 6.07) is 12.1. The lowest BCUT2D eigenvalue weighted by atomic mass is 10.2. The number of rotatable bonds is 8. The van der Waals surface area contributed by atoms with Gasteiger partial charge >= 0.3 is 0 Å². The van der Waals surface area contributed by atoms with Gasteiger partial charge in [0.2, 0.25) is 5.88 Å². The first-order valence-electron chi connectivity index (χ1n) is 9.22. The van der Waals surface area contributed by atoms with Crippen molar-refractivity contribution in [2.24, 2.45) is 5.10 Å². The minimum absolute atomic E-state index is 0.558. The number of likely N-dealkylation sites (N-methyl/N-ethyl adjacent to an activating group) is 1. The summed E-state index contributed by atoms with van der Waals surface area (Å²) in [7, 11) is 1.90. The van der Waals surface area contributed by atoms with E-state index in [-0.39, 0.29) is 0 Å². The highest BCUT2D eigenvalue weighted by Gasteiger charge is 2.14. The van der Waals surface area contributed by atoms with E-state index in [1.807, 2.05) is 31.3 Å². The minimum atomic E-state index is 0.558. The SMILES string of the molecule is CNCCOc1cc(N2CCOCC2)cc(N/N=C/c2cccc(C)c2)n1. The number of morpholine rings is 1. The van der Waals surface area contributed by atoms with Crippen molar-refractivity contribution in [1.29, 1.82) is 0 Å². The second kappa shape index (κ2) is 9.89. The lowest BCUT2D eigenvalue weighted by Gasteiger charge is -2.29. The molecule has 3 rings (SSSR count). The monoisotopic (exact) mass is 369 g/mol. The van der Waals surface area contributed by atoms with Gasteiger partial charge in [-0.3, -0.25) is 5.43 Å². The summed E-state index contributed by atoms with van der Waals surface area (Å²) < 4.78 is 11.2. The molecule has 0 saturated carbocycles. The number of hydrazone groups is 1. The Morgan fingerprint density at radius 3 is 2.89 bits per heavy atom. The van der Waals surface area contributed by atoms with Crippen LogP contribution in [0.15, 0.2) is 41.5 Å². The molecular formula is C20H27N5O2. The van der Waals surface area contributed by atoms with Crippen molar-refractivity contribution in [3.8, 4) is 5.88 Å². The lowest BCUT2D eigenvalue weighted by Crippen LogP contribution is -2.36. The first-order valence-corrected chi connectivity index (χ1v) is 9.22. The van der Waals surface area contributed by atoms with E-state index in [4.69, 9.17) is 9.47 Å². The van der Waals surface area contributed by atoms with E-state index < -0.39 is 0 Å². The molecule has 0 unspecified atom stereocenters. The fraction of sp³-hybridized carbons (Fsp3) is 0.400. The van der Waals surface area contributed by atoms with Crippen molar-refractivity contribution in [3.63, 3.8) is 0 Å². The average molecular weight is 369 g/mol. The summed E-state index contributed by atoms with van der Waals surface area (Å²) in [5.41, 5.74) is 6.32. The highest BCUT2D eigenvalue weighted by Crippen LogP contribution is 2.24. The Labute approximate surface area is 160 Å². The molecule has 2 N–H and O–H groups in total. The van der Waals surface area contributed by atoms with E-state index in [0.29, 0.717) is 18.3 Å². The Morgan fingerprint density at radius 2 is 2.11 bits per heavy atom. The quantitative estimate of drug-likeness (QED) is 0.423. The van der Waals surface area contributed by atoms with E-state index >= 15 is 0 Å². The van der Waals surface area contributed by atoms with Crippen LogP contribution in [-0.2, 0) is 4.74 Å². The third kappa shape index (κ3) is 5.94. The predicted octanol–water partition coefficient (Wildman–Crippen LogP) is 2.27. The zero-order valence-corrected chi connectivity index (χ0v) is 15.9. The number of ether oxygens (including phenoxy) is 2. The Balaban J connectivity index is 1.74. The van der Waals surface area contributed by atoms with Gasteiger partial charge in [-0.1, -0.05) is 29.8 Å². The maximum atomic E-state index is 5.78. The van der Waals surface area contributed by atoms with Gasteiger partial charge in [0.25, 0.3) is 0 Å². The molecule has 0 amide bonds. The van der Waals surface area contributed by atoms with E-state index in [1.165, 1.54) is 5.56 Å². The molecule has 0 spiro atoms. The number of aryl methyl sites for hydroxylation is 1. The van der Waals surface area contributed by atoms with E-state index in [0.717, 1.165) is 44.1 Å². The number of nitrogens with zero attached hydrogens (tertiary/aromatic N) is 3. The highest BCUT2D eigenvalue weighted by atomic mass is 16.5. The van der Waals surface area contributed by atoms with E-state index in [1.54, 1.807) is 6.21 Å². The second-order valence-electron chi connectivity index (χ2n) is 6.38. The van der Waals surface area contributed by atoms with E-state index in [2.05, 4.69) is 44.8 Å². The molecule has 1 saturated heterocycles. The molecule has 1 aliphatic heterocycles. The van der Waals surface area contributed by atoms with Crippen LogP contribution in [0.25, 0.3) is 0 Å². The third-order valence-corrected chi connectivity index (χ3v) is 4.20. The fourth-order valence-corrected chi connectivity index (χ4v) is 2.81. The van der Waals surface area contributed by atoms with Gasteiger partial charge in [-0.15, -0.1) is 0 Å². The van der Waals surface area contributed by atoms with E-state index in [9.17, 15) is 0 Å². The second-order valence-corrected chi connectivity index (χ2v) is 6.38. The smallest absolute Gasteiger partial charge is 0.217 e. The molecule has 1 aliphatic rings. The summed E-state index contributed by atoms with van der Waals surface area (Å²) in [6.45, 7) is 6.55. The highest BCUT2D eigenvalue weighted by molar-refractivity contribution is 5.80. The maximum absolute atomic E-state index is 5.78. The van der Waals surface area contributed by atoms with Crippen LogP contribution in [0.5, 0.6) is 5.88 Å². The molecular weight excluding hydrogens is 342 g/mol. The molecule has 7 heteroatoms. The summed E-state index contributed by atoms with van der Waals surface area (Å²) in [5.74, 6) is 1.24. The molecule has 144 valence electrons. The minimum Gasteiger partial charge on any atom is -0.476 e. The molecule has 1 aromatic heterocycles.